The number of hydrogen-bond donors (Lipinski definition) is 0. The first-order valence-corrected chi connectivity index (χ1v) is 9.07. The Hall–Kier alpha value is -1.54. The Balaban J connectivity index is 2.17. The predicted molar refractivity (Wildman–Crippen MR) is 96.9 cm³/mol. The number of hydrogen-bond acceptors (Lipinski definition) is 5. The summed E-state index contributed by atoms with van der Waals surface area (Å²) >= 11 is 8.88. The number of likely N-dealkylation sites (tertiary alicyclic amines) is 1. The number of amides is 1. The normalized spacial score (nSPS) is 20.0. The summed E-state index contributed by atoms with van der Waals surface area (Å²) in [6.45, 7) is 5.34. The van der Waals surface area contributed by atoms with E-state index in [1.54, 1.807) is 20.8 Å². The molecule has 0 spiro atoms. The van der Waals surface area contributed by atoms with Gasteiger partial charge in [0.2, 0.25) is 0 Å². The number of methoxy groups -OCH3 is 1. The number of carbonyl (C=O) groups excluding carboxylic acids is 2. The minimum absolute atomic E-state index is 0.0964. The van der Waals surface area contributed by atoms with Gasteiger partial charge in [-0.2, -0.15) is 0 Å². The van der Waals surface area contributed by atoms with Crippen LogP contribution in [0.5, 0.6) is 5.75 Å². The van der Waals surface area contributed by atoms with Gasteiger partial charge in [0.25, 0.3) is 0 Å². The van der Waals surface area contributed by atoms with Crippen LogP contribution in [0.4, 0.5) is 9.18 Å². The van der Waals surface area contributed by atoms with Crippen molar-refractivity contribution in [3.8, 4) is 5.75 Å². The van der Waals surface area contributed by atoms with Gasteiger partial charge in [0.15, 0.2) is 5.82 Å². The first-order chi connectivity index (χ1) is 12.0. The standard InChI is InChI=1S/C17H20BrClFNO5/c1-17(2,3)26-16(23)21-8-10(7-13(21)15(22)24-4)25-9-5-11(18)14(20)12(19)6-9/h5-6,10,13H,7-8H2,1-4H3/t10-,13-/m0/s1. The van der Waals surface area contributed by atoms with E-state index >= 15 is 0 Å². The van der Waals surface area contributed by atoms with Crippen LogP contribution in [0.15, 0.2) is 16.6 Å². The van der Waals surface area contributed by atoms with E-state index in [9.17, 15) is 14.0 Å². The van der Waals surface area contributed by atoms with Crippen molar-refractivity contribution in [1.29, 1.82) is 0 Å². The van der Waals surface area contributed by atoms with Crippen LogP contribution in [-0.2, 0) is 14.3 Å². The van der Waals surface area contributed by atoms with Crippen molar-refractivity contribution >= 4 is 39.6 Å². The van der Waals surface area contributed by atoms with Crippen LogP contribution in [0.3, 0.4) is 0 Å². The molecule has 0 aromatic heterocycles. The van der Waals surface area contributed by atoms with Gasteiger partial charge in [0.05, 0.1) is 23.1 Å². The van der Waals surface area contributed by atoms with Gasteiger partial charge in [-0.25, -0.2) is 14.0 Å². The number of benzene rings is 1. The maximum atomic E-state index is 13.6. The molecule has 26 heavy (non-hydrogen) atoms. The topological polar surface area (TPSA) is 65.1 Å². The Bertz CT molecular complexity index is 686. The molecule has 0 radical (unpaired) electrons. The second-order valence-corrected chi connectivity index (χ2v) is 8.11. The highest BCUT2D eigenvalue weighted by atomic mass is 79.9. The molecule has 1 heterocycles. The lowest BCUT2D eigenvalue weighted by Gasteiger charge is -2.27. The molecule has 144 valence electrons. The zero-order valence-corrected chi connectivity index (χ0v) is 17.2. The Kier molecular flexibility index (Phi) is 6.39. The summed E-state index contributed by atoms with van der Waals surface area (Å²) in [5.74, 6) is -0.823. The summed E-state index contributed by atoms with van der Waals surface area (Å²) in [6, 6.07) is 1.95. The molecular formula is C17H20BrClFNO5. The van der Waals surface area contributed by atoms with Crippen LogP contribution in [0.25, 0.3) is 0 Å². The van der Waals surface area contributed by atoms with Gasteiger partial charge in [0.1, 0.15) is 23.5 Å². The third-order valence-corrected chi connectivity index (χ3v) is 4.48. The predicted octanol–water partition coefficient (Wildman–Crippen LogP) is 4.17. The molecule has 2 rings (SSSR count). The highest BCUT2D eigenvalue weighted by Crippen LogP contribution is 2.32. The van der Waals surface area contributed by atoms with Crippen molar-refractivity contribution in [1.82, 2.24) is 4.90 Å². The lowest BCUT2D eigenvalue weighted by atomic mass is 10.2. The molecule has 0 bridgehead atoms. The van der Waals surface area contributed by atoms with Gasteiger partial charge in [-0.15, -0.1) is 0 Å². The Labute approximate surface area is 164 Å². The molecule has 1 saturated heterocycles. The maximum Gasteiger partial charge on any atom is 0.411 e. The van der Waals surface area contributed by atoms with E-state index < -0.39 is 35.6 Å². The quantitative estimate of drug-likeness (QED) is 0.509. The molecule has 1 aliphatic rings. The number of carbonyl (C=O) groups is 2. The Morgan fingerprint density at radius 3 is 2.54 bits per heavy atom. The summed E-state index contributed by atoms with van der Waals surface area (Å²) < 4.78 is 29.7. The van der Waals surface area contributed by atoms with Gasteiger partial charge < -0.3 is 14.2 Å². The van der Waals surface area contributed by atoms with E-state index in [-0.39, 0.29) is 22.5 Å². The van der Waals surface area contributed by atoms with Crippen molar-refractivity contribution in [3.05, 3.63) is 27.4 Å². The van der Waals surface area contributed by atoms with Crippen molar-refractivity contribution in [2.24, 2.45) is 0 Å². The van der Waals surface area contributed by atoms with Crippen LogP contribution in [-0.4, -0.2) is 48.4 Å². The molecule has 0 saturated carbocycles. The minimum Gasteiger partial charge on any atom is -0.488 e. The molecule has 1 fully saturated rings. The molecule has 1 aromatic carbocycles. The third kappa shape index (κ3) is 5.01. The van der Waals surface area contributed by atoms with Crippen molar-refractivity contribution in [3.63, 3.8) is 0 Å². The summed E-state index contributed by atoms with van der Waals surface area (Å²) in [6.07, 6.45) is -0.907. The second-order valence-electron chi connectivity index (χ2n) is 6.85. The average Bonchev–Trinajstić information content (AvgIpc) is 2.94. The first-order valence-electron chi connectivity index (χ1n) is 7.90. The second kappa shape index (κ2) is 8.00. The molecule has 0 N–H and O–H groups in total. The molecule has 0 aliphatic carbocycles. The highest BCUT2D eigenvalue weighted by Gasteiger charge is 2.43. The van der Waals surface area contributed by atoms with E-state index in [4.69, 9.17) is 25.8 Å². The number of esters is 1. The molecule has 1 aromatic rings. The molecule has 9 heteroatoms. The van der Waals surface area contributed by atoms with E-state index in [2.05, 4.69) is 15.9 Å². The van der Waals surface area contributed by atoms with Crippen LogP contribution in [0.2, 0.25) is 5.02 Å². The van der Waals surface area contributed by atoms with Crippen molar-refractivity contribution in [2.45, 2.75) is 44.9 Å². The summed E-state index contributed by atoms with van der Waals surface area (Å²) in [4.78, 5) is 25.7. The molecule has 0 unspecified atom stereocenters. The average molecular weight is 453 g/mol. The van der Waals surface area contributed by atoms with Gasteiger partial charge >= 0.3 is 12.1 Å². The van der Waals surface area contributed by atoms with Gasteiger partial charge in [-0.05, 0) is 42.8 Å². The van der Waals surface area contributed by atoms with E-state index in [0.29, 0.717) is 5.75 Å². The largest absolute Gasteiger partial charge is 0.488 e. The number of rotatable bonds is 3. The summed E-state index contributed by atoms with van der Waals surface area (Å²) in [5, 5.41) is -0.0964. The molecular weight excluding hydrogens is 433 g/mol. The SMILES string of the molecule is COC(=O)[C@@H]1C[C@H](Oc2cc(Cl)c(F)c(Br)c2)CN1C(=O)OC(C)(C)C. The third-order valence-electron chi connectivity index (χ3n) is 3.62. The number of nitrogens with zero attached hydrogens (tertiary/aromatic N) is 1. The molecule has 2 atom stereocenters. The van der Waals surface area contributed by atoms with Crippen LogP contribution in [0.1, 0.15) is 27.2 Å². The van der Waals surface area contributed by atoms with E-state index in [1.807, 2.05) is 0 Å². The monoisotopic (exact) mass is 451 g/mol. The van der Waals surface area contributed by atoms with Crippen molar-refractivity contribution < 1.29 is 28.2 Å². The van der Waals surface area contributed by atoms with Gasteiger partial charge in [-0.3, -0.25) is 4.90 Å². The van der Waals surface area contributed by atoms with Crippen LogP contribution >= 0.6 is 27.5 Å². The van der Waals surface area contributed by atoms with Crippen LogP contribution < -0.4 is 4.74 Å². The minimum atomic E-state index is -0.820. The zero-order valence-electron chi connectivity index (χ0n) is 14.8. The summed E-state index contributed by atoms with van der Waals surface area (Å²) in [7, 11) is 1.25. The van der Waals surface area contributed by atoms with E-state index in [1.165, 1.54) is 24.1 Å². The van der Waals surface area contributed by atoms with Gasteiger partial charge in [-0.1, -0.05) is 11.6 Å². The molecule has 1 amide bonds. The fourth-order valence-electron chi connectivity index (χ4n) is 2.56. The lowest BCUT2D eigenvalue weighted by molar-refractivity contribution is -0.145. The van der Waals surface area contributed by atoms with E-state index in [0.717, 1.165) is 0 Å². The number of halogens is 3. The smallest absolute Gasteiger partial charge is 0.411 e. The maximum absolute atomic E-state index is 13.6. The first kappa shape index (κ1) is 20.8. The molecule has 1 aliphatic heterocycles. The fraction of sp³-hybridized carbons (Fsp3) is 0.529. The molecule has 6 nitrogen and oxygen atoms in total. The highest BCUT2D eigenvalue weighted by molar-refractivity contribution is 9.10. The van der Waals surface area contributed by atoms with Gasteiger partial charge in [0, 0.05) is 12.5 Å². The van der Waals surface area contributed by atoms with Crippen molar-refractivity contribution in [2.75, 3.05) is 13.7 Å². The zero-order chi connectivity index (χ0) is 19.6. The Morgan fingerprint density at radius 1 is 1.35 bits per heavy atom. The fourth-order valence-corrected chi connectivity index (χ4v) is 3.32. The lowest BCUT2D eigenvalue weighted by Crippen LogP contribution is -2.44. The Morgan fingerprint density at radius 2 is 2.00 bits per heavy atom. The number of ether oxygens (including phenoxy) is 3. The van der Waals surface area contributed by atoms with Crippen LogP contribution in [0, 0.1) is 5.82 Å². The summed E-state index contributed by atoms with van der Waals surface area (Å²) in [5.41, 5.74) is -0.702.